The molecule has 1 saturated carbocycles. The lowest BCUT2D eigenvalue weighted by molar-refractivity contribution is -0.138. The van der Waals surface area contributed by atoms with Gasteiger partial charge in [-0.2, -0.15) is 5.01 Å². The van der Waals surface area contributed by atoms with Gasteiger partial charge >= 0.3 is 5.97 Å². The monoisotopic (exact) mass is 705 g/mol. The molecule has 0 spiro atoms. The minimum absolute atomic E-state index is 0.00915. The zero-order valence-corrected chi connectivity index (χ0v) is 27.5. The summed E-state index contributed by atoms with van der Waals surface area (Å²) in [6.45, 7) is 0. The summed E-state index contributed by atoms with van der Waals surface area (Å²) in [7, 11) is 0. The maximum Gasteiger partial charge on any atom is 0.335 e. The number of phenolic OH excluding ortho intramolecular Hbond substituents is 1. The Kier molecular flexibility index (Phi) is 7.57. The highest BCUT2D eigenvalue weighted by atomic mass is 35.5. The number of anilines is 2. The van der Waals surface area contributed by atoms with Crippen molar-refractivity contribution in [1.82, 2.24) is 5.01 Å². The van der Waals surface area contributed by atoms with Gasteiger partial charge in [-0.15, -0.1) is 0 Å². The summed E-state index contributed by atoms with van der Waals surface area (Å²) in [6.07, 6.45) is 2.11. The number of phenols is 1. The number of carbonyl (C=O) groups is 5. The molecule has 2 aliphatic carbocycles. The second-order valence-corrected chi connectivity index (χ2v) is 13.8. The van der Waals surface area contributed by atoms with Crippen molar-refractivity contribution in [1.29, 1.82) is 0 Å². The van der Waals surface area contributed by atoms with Crippen LogP contribution in [0.25, 0.3) is 0 Å². The number of hydrazine groups is 1. The van der Waals surface area contributed by atoms with Crippen LogP contribution in [0.2, 0.25) is 5.02 Å². The number of carboxylic acid groups (broad SMARTS) is 1. The van der Waals surface area contributed by atoms with Crippen molar-refractivity contribution in [3.8, 4) is 5.75 Å². The van der Waals surface area contributed by atoms with Gasteiger partial charge in [0, 0.05) is 10.9 Å². The predicted molar refractivity (Wildman–Crippen MR) is 183 cm³/mol. The van der Waals surface area contributed by atoms with Crippen LogP contribution in [-0.2, 0) is 24.6 Å². The summed E-state index contributed by atoms with van der Waals surface area (Å²) in [5.41, 5.74) is 3.54. The standard InChI is InChI=1S/C39H29ClFN3O7/c40-23-8-6-22(7-9-23)39-31(35(47)44(38(39)51)42-25-12-10-24(41)11-13-25)19-30-28(33(39)20-4-14-27(45)15-5-20)16-17-29-32(30)36(48)43(34(29)46)26-3-1-2-21(18-26)37(49)50/h1-16,18,29-33,42,45H,17,19H2,(H,49,50)/t29-,30+,31-,32-,33-,39+/m0/s1. The van der Waals surface area contributed by atoms with Gasteiger partial charge in [-0.25, -0.2) is 9.18 Å². The number of carbonyl (C=O) groups excluding carboxylic acids is 4. The number of carboxylic acids is 1. The fraction of sp³-hybridized carbons (Fsp3) is 0.205. The maximum atomic E-state index is 15.1. The largest absolute Gasteiger partial charge is 0.508 e. The van der Waals surface area contributed by atoms with E-state index in [2.05, 4.69) is 5.43 Å². The van der Waals surface area contributed by atoms with Crippen molar-refractivity contribution in [2.45, 2.75) is 24.2 Å². The van der Waals surface area contributed by atoms with Gasteiger partial charge in [0.1, 0.15) is 11.6 Å². The quantitative estimate of drug-likeness (QED) is 0.162. The SMILES string of the molecule is O=C(O)c1cccc(N2C(=O)[C@H]3[C@H](CC=C4[C@H]3C[C@H]3C(=O)N(Nc5ccc(F)cc5)C(=O)[C@@]3(c3ccc(Cl)cc3)[C@H]4c3ccc(O)cc3)C2=O)c1. The molecule has 0 bridgehead atoms. The summed E-state index contributed by atoms with van der Waals surface area (Å²) in [5.74, 6) is -8.00. The second-order valence-electron chi connectivity index (χ2n) is 13.3. The fourth-order valence-corrected chi connectivity index (χ4v) is 8.86. The van der Waals surface area contributed by atoms with Crippen molar-refractivity contribution in [3.05, 3.63) is 136 Å². The van der Waals surface area contributed by atoms with Crippen molar-refractivity contribution < 1.29 is 38.6 Å². The number of rotatable bonds is 6. The smallest absolute Gasteiger partial charge is 0.335 e. The number of allylic oxidation sites excluding steroid dienone is 2. The number of aromatic hydroxyl groups is 1. The highest BCUT2D eigenvalue weighted by Gasteiger charge is 2.70. The Balaban J connectivity index is 1.30. The Bertz CT molecular complexity index is 2170. The van der Waals surface area contributed by atoms with E-state index in [-0.39, 0.29) is 29.8 Å². The van der Waals surface area contributed by atoms with E-state index in [0.717, 1.165) is 9.91 Å². The van der Waals surface area contributed by atoms with Crippen LogP contribution in [0.3, 0.4) is 0 Å². The molecule has 4 amide bonds. The number of hydrogen-bond acceptors (Lipinski definition) is 7. The molecule has 0 aromatic heterocycles. The molecule has 3 N–H and O–H groups in total. The number of nitrogens with zero attached hydrogens (tertiary/aromatic N) is 2. The summed E-state index contributed by atoms with van der Waals surface area (Å²) < 4.78 is 13.8. The number of benzene rings is 4. The Labute approximate surface area is 295 Å². The molecule has 8 rings (SSSR count). The predicted octanol–water partition coefficient (Wildman–Crippen LogP) is 6.07. The van der Waals surface area contributed by atoms with Crippen LogP contribution in [0, 0.1) is 29.5 Å². The lowest BCUT2D eigenvalue weighted by atomic mass is 9.49. The van der Waals surface area contributed by atoms with Crippen molar-refractivity contribution >= 4 is 52.6 Å². The molecule has 256 valence electrons. The summed E-state index contributed by atoms with van der Waals surface area (Å²) in [4.78, 5) is 70.9. The van der Waals surface area contributed by atoms with Crippen LogP contribution in [0.15, 0.2) is 109 Å². The third-order valence-corrected chi connectivity index (χ3v) is 11.1. The van der Waals surface area contributed by atoms with Gasteiger partial charge in [0.2, 0.25) is 11.8 Å². The average Bonchev–Trinajstić information content (AvgIpc) is 3.50. The molecule has 4 aromatic rings. The van der Waals surface area contributed by atoms with E-state index in [1.165, 1.54) is 60.7 Å². The molecule has 6 atom stereocenters. The Hall–Kier alpha value is -5.81. The maximum absolute atomic E-state index is 15.1. The molecule has 2 aliphatic heterocycles. The molecule has 10 nitrogen and oxygen atoms in total. The number of imide groups is 2. The number of hydrogen-bond donors (Lipinski definition) is 3. The normalized spacial score (nSPS) is 26.8. The number of aromatic carboxylic acids is 1. The third-order valence-electron chi connectivity index (χ3n) is 10.8. The fourth-order valence-electron chi connectivity index (χ4n) is 8.73. The third kappa shape index (κ3) is 4.86. The summed E-state index contributed by atoms with van der Waals surface area (Å²) in [6, 6.07) is 23.9. The molecule has 2 saturated heterocycles. The molecule has 3 fully saturated rings. The van der Waals surface area contributed by atoms with E-state index in [1.807, 2.05) is 6.08 Å². The first-order valence-corrected chi connectivity index (χ1v) is 16.7. The molecular weight excluding hydrogens is 677 g/mol. The number of halogens is 2. The molecule has 12 heteroatoms. The first-order valence-electron chi connectivity index (χ1n) is 16.4. The van der Waals surface area contributed by atoms with Crippen LogP contribution >= 0.6 is 11.6 Å². The van der Waals surface area contributed by atoms with E-state index < -0.39 is 70.4 Å². The van der Waals surface area contributed by atoms with Crippen LogP contribution in [0.4, 0.5) is 15.8 Å². The highest BCUT2D eigenvalue weighted by molar-refractivity contribution is 6.30. The van der Waals surface area contributed by atoms with Gasteiger partial charge in [-0.3, -0.25) is 29.5 Å². The molecular formula is C39H29ClFN3O7. The lowest BCUT2D eigenvalue weighted by Crippen LogP contribution is -2.53. The minimum Gasteiger partial charge on any atom is -0.508 e. The summed E-state index contributed by atoms with van der Waals surface area (Å²) in [5, 5.41) is 21.2. The van der Waals surface area contributed by atoms with Crippen LogP contribution < -0.4 is 10.3 Å². The first kappa shape index (κ1) is 32.4. The van der Waals surface area contributed by atoms with Crippen molar-refractivity contribution in [2.24, 2.45) is 23.7 Å². The van der Waals surface area contributed by atoms with Gasteiger partial charge in [0.05, 0.1) is 40.1 Å². The molecule has 51 heavy (non-hydrogen) atoms. The van der Waals surface area contributed by atoms with Gasteiger partial charge < -0.3 is 10.2 Å². The lowest BCUT2D eigenvalue weighted by Gasteiger charge is -2.50. The van der Waals surface area contributed by atoms with Crippen LogP contribution in [0.1, 0.15) is 40.2 Å². The van der Waals surface area contributed by atoms with Crippen molar-refractivity contribution in [3.63, 3.8) is 0 Å². The zero-order valence-electron chi connectivity index (χ0n) is 26.7. The van der Waals surface area contributed by atoms with E-state index in [9.17, 15) is 33.8 Å². The topological polar surface area (TPSA) is 144 Å². The Morgan fingerprint density at radius 1 is 0.863 bits per heavy atom. The average molecular weight is 706 g/mol. The van der Waals surface area contributed by atoms with Crippen molar-refractivity contribution in [2.75, 3.05) is 10.3 Å². The van der Waals surface area contributed by atoms with E-state index >= 15 is 4.79 Å². The van der Waals surface area contributed by atoms with E-state index in [1.54, 1.807) is 36.4 Å². The Morgan fingerprint density at radius 3 is 2.25 bits per heavy atom. The molecule has 0 radical (unpaired) electrons. The molecule has 2 heterocycles. The van der Waals surface area contributed by atoms with E-state index in [0.29, 0.717) is 27.4 Å². The Morgan fingerprint density at radius 2 is 1.57 bits per heavy atom. The minimum atomic E-state index is -1.55. The first-order chi connectivity index (χ1) is 24.5. The van der Waals surface area contributed by atoms with Gasteiger partial charge in [-0.05, 0) is 96.6 Å². The zero-order chi connectivity index (χ0) is 35.8. The number of amides is 4. The van der Waals surface area contributed by atoms with Gasteiger partial charge in [0.15, 0.2) is 0 Å². The number of nitrogens with one attached hydrogen (secondary N) is 1. The van der Waals surface area contributed by atoms with Gasteiger partial charge in [-0.1, -0.05) is 53.6 Å². The van der Waals surface area contributed by atoms with Crippen LogP contribution in [-0.4, -0.2) is 44.8 Å². The molecule has 0 unspecified atom stereocenters. The highest BCUT2D eigenvalue weighted by Crippen LogP contribution is 2.64. The molecule has 4 aromatic carbocycles. The van der Waals surface area contributed by atoms with Gasteiger partial charge in [0.25, 0.3) is 11.8 Å². The van der Waals surface area contributed by atoms with E-state index in [4.69, 9.17) is 11.6 Å². The summed E-state index contributed by atoms with van der Waals surface area (Å²) >= 11 is 6.32. The number of fused-ring (bicyclic) bond motifs is 4. The second kappa shape index (κ2) is 11.9. The molecule has 4 aliphatic rings. The van der Waals surface area contributed by atoms with Crippen LogP contribution in [0.5, 0.6) is 5.75 Å².